The topological polar surface area (TPSA) is 44.7 Å². The van der Waals surface area contributed by atoms with Crippen LogP contribution in [0.25, 0.3) is 5.57 Å². The molecule has 30 heavy (non-hydrogen) atoms. The molecule has 2 aromatic rings. The molecule has 1 heterocycles. The third-order valence-corrected chi connectivity index (χ3v) is 5.96. The highest BCUT2D eigenvalue weighted by Crippen LogP contribution is 2.41. The van der Waals surface area contributed by atoms with Crippen LogP contribution in [0, 0.1) is 0 Å². The number of benzene rings is 2. The maximum Gasteiger partial charge on any atom is 0.272 e. The average molecular weight is 465 g/mol. The molecular weight excluding hydrogens is 441 g/mol. The van der Waals surface area contributed by atoms with Crippen molar-refractivity contribution in [2.75, 3.05) is 11.4 Å². The molecular formula is C23H24Cl3N3O. The number of rotatable bonds is 5. The second-order valence-corrected chi connectivity index (χ2v) is 9.10. The van der Waals surface area contributed by atoms with E-state index in [1.807, 2.05) is 12.1 Å². The molecule has 158 valence electrons. The Kier molecular flexibility index (Phi) is 6.81. The van der Waals surface area contributed by atoms with Crippen molar-refractivity contribution in [1.82, 2.24) is 5.43 Å². The number of nitrogens with one attached hydrogen (secondary N) is 1. The maximum atomic E-state index is 12.3. The van der Waals surface area contributed by atoms with Crippen molar-refractivity contribution >= 4 is 58.2 Å². The van der Waals surface area contributed by atoms with Crippen LogP contribution >= 0.6 is 34.8 Å². The summed E-state index contributed by atoms with van der Waals surface area (Å²) in [7, 11) is 0. The lowest BCUT2D eigenvalue weighted by atomic mass is 9.88. The maximum absolute atomic E-state index is 12.3. The summed E-state index contributed by atoms with van der Waals surface area (Å²) < 4.78 is 0. The predicted octanol–water partition coefficient (Wildman–Crippen LogP) is 6.82. The molecule has 1 aliphatic rings. The van der Waals surface area contributed by atoms with Crippen LogP contribution in [0.2, 0.25) is 15.1 Å². The summed E-state index contributed by atoms with van der Waals surface area (Å²) in [6.45, 7) is 9.61. The van der Waals surface area contributed by atoms with Crippen LogP contribution in [-0.4, -0.2) is 24.2 Å². The van der Waals surface area contributed by atoms with Gasteiger partial charge in [0.15, 0.2) is 0 Å². The lowest BCUT2D eigenvalue weighted by Crippen LogP contribution is -2.45. The van der Waals surface area contributed by atoms with Crippen LogP contribution in [0.1, 0.15) is 55.6 Å². The SMILES string of the molecule is CCCN1c2cc(Cl)c(/C=N\NC(=O)c3ccc(Cl)cc3Cl)cc2C(C)=CC1(C)C. The fourth-order valence-electron chi connectivity index (χ4n) is 3.74. The van der Waals surface area contributed by atoms with Crippen molar-refractivity contribution in [1.29, 1.82) is 0 Å². The second kappa shape index (κ2) is 9.01. The molecule has 0 radical (unpaired) electrons. The molecule has 0 saturated carbocycles. The zero-order chi connectivity index (χ0) is 22.1. The van der Waals surface area contributed by atoms with Crippen molar-refractivity contribution < 1.29 is 4.79 Å². The average Bonchev–Trinajstić information content (AvgIpc) is 2.65. The lowest BCUT2D eigenvalue weighted by molar-refractivity contribution is 0.0955. The standard InChI is InChI=1S/C23H24Cl3N3O/c1-5-8-29-21-11-19(25)15(9-18(21)14(2)12-23(29,3)4)13-27-28-22(30)17-7-6-16(24)10-20(17)26/h6-7,9-13H,5,8H2,1-4H3,(H,28,30)/b27-13-. The van der Waals surface area contributed by atoms with Crippen LogP contribution in [0.5, 0.6) is 0 Å². The first kappa shape index (κ1) is 22.7. The smallest absolute Gasteiger partial charge is 0.272 e. The number of allylic oxidation sites excluding steroid dienone is 1. The van der Waals surface area contributed by atoms with Gasteiger partial charge in [0, 0.05) is 28.4 Å². The molecule has 1 amide bonds. The lowest BCUT2D eigenvalue weighted by Gasteiger charge is -2.43. The number of nitrogens with zero attached hydrogens (tertiary/aromatic N) is 2. The first-order chi connectivity index (χ1) is 14.1. The third-order valence-electron chi connectivity index (χ3n) is 5.09. The second-order valence-electron chi connectivity index (χ2n) is 7.85. The molecule has 4 nitrogen and oxygen atoms in total. The van der Waals surface area contributed by atoms with Gasteiger partial charge in [0.05, 0.1) is 27.4 Å². The van der Waals surface area contributed by atoms with E-state index in [9.17, 15) is 4.79 Å². The molecule has 7 heteroatoms. The minimum absolute atomic E-state index is 0.0855. The van der Waals surface area contributed by atoms with Crippen molar-refractivity contribution in [3.8, 4) is 0 Å². The molecule has 3 rings (SSSR count). The number of hydrogen-bond acceptors (Lipinski definition) is 3. The molecule has 0 atom stereocenters. The molecule has 0 fully saturated rings. The van der Waals surface area contributed by atoms with Gasteiger partial charge in [-0.3, -0.25) is 4.79 Å². The van der Waals surface area contributed by atoms with Crippen LogP contribution in [0.4, 0.5) is 5.69 Å². The zero-order valence-corrected chi connectivity index (χ0v) is 19.7. The predicted molar refractivity (Wildman–Crippen MR) is 128 cm³/mol. The van der Waals surface area contributed by atoms with Gasteiger partial charge in [-0.15, -0.1) is 0 Å². The van der Waals surface area contributed by atoms with E-state index in [1.54, 1.807) is 18.3 Å². The summed E-state index contributed by atoms with van der Waals surface area (Å²) in [5.74, 6) is -0.422. The van der Waals surface area contributed by atoms with Crippen LogP contribution < -0.4 is 10.3 Å². The molecule has 0 aliphatic carbocycles. The number of amides is 1. The Labute approximate surface area is 192 Å². The van der Waals surface area contributed by atoms with Crippen LogP contribution in [0.15, 0.2) is 41.5 Å². The first-order valence-corrected chi connectivity index (χ1v) is 10.9. The fourth-order valence-corrected chi connectivity index (χ4v) is 4.44. The summed E-state index contributed by atoms with van der Waals surface area (Å²) in [6.07, 6.45) is 4.85. The van der Waals surface area contributed by atoms with Crippen LogP contribution in [-0.2, 0) is 0 Å². The summed E-state index contributed by atoms with van der Waals surface area (Å²) in [5, 5.41) is 5.37. The van der Waals surface area contributed by atoms with Gasteiger partial charge in [0.25, 0.3) is 5.91 Å². The van der Waals surface area contributed by atoms with Crippen LogP contribution in [0.3, 0.4) is 0 Å². The van der Waals surface area contributed by atoms with Crippen molar-refractivity contribution in [3.05, 3.63) is 68.2 Å². The fraction of sp³-hybridized carbons (Fsp3) is 0.304. The Balaban J connectivity index is 1.86. The zero-order valence-electron chi connectivity index (χ0n) is 17.4. The van der Waals surface area contributed by atoms with Gasteiger partial charge in [-0.05, 0) is 63.1 Å². The van der Waals surface area contributed by atoms with E-state index in [4.69, 9.17) is 34.8 Å². The highest BCUT2D eigenvalue weighted by atomic mass is 35.5. The van der Waals surface area contributed by atoms with E-state index in [1.165, 1.54) is 11.6 Å². The summed E-state index contributed by atoms with van der Waals surface area (Å²) in [4.78, 5) is 14.7. The van der Waals surface area contributed by atoms with Gasteiger partial charge in [0.2, 0.25) is 0 Å². The number of carbonyl (C=O) groups is 1. The molecule has 1 N–H and O–H groups in total. The molecule has 0 bridgehead atoms. The van der Waals surface area contributed by atoms with Gasteiger partial charge in [-0.2, -0.15) is 5.10 Å². The highest BCUT2D eigenvalue weighted by molar-refractivity contribution is 6.36. The van der Waals surface area contributed by atoms with Crippen molar-refractivity contribution in [2.45, 2.75) is 39.7 Å². The van der Waals surface area contributed by atoms with E-state index in [0.717, 1.165) is 29.8 Å². The Morgan fingerprint density at radius 2 is 1.90 bits per heavy atom. The molecule has 0 aromatic heterocycles. The number of hydrogen-bond donors (Lipinski definition) is 1. The van der Waals surface area contributed by atoms with Gasteiger partial charge >= 0.3 is 0 Å². The normalized spacial score (nSPS) is 15.2. The highest BCUT2D eigenvalue weighted by Gasteiger charge is 2.31. The number of carbonyl (C=O) groups excluding carboxylic acids is 1. The Morgan fingerprint density at radius 1 is 1.17 bits per heavy atom. The van der Waals surface area contributed by atoms with E-state index in [2.05, 4.69) is 49.2 Å². The minimum Gasteiger partial charge on any atom is -0.362 e. The summed E-state index contributed by atoms with van der Waals surface area (Å²) >= 11 is 18.5. The summed E-state index contributed by atoms with van der Waals surface area (Å²) in [5.41, 5.74) is 6.83. The van der Waals surface area contributed by atoms with Gasteiger partial charge in [0.1, 0.15) is 0 Å². The van der Waals surface area contributed by atoms with Crippen molar-refractivity contribution in [3.63, 3.8) is 0 Å². The molecule has 0 saturated heterocycles. The minimum atomic E-state index is -0.422. The first-order valence-electron chi connectivity index (χ1n) is 9.73. The monoisotopic (exact) mass is 463 g/mol. The molecule has 1 aliphatic heterocycles. The number of fused-ring (bicyclic) bond motifs is 1. The largest absolute Gasteiger partial charge is 0.362 e. The molecule has 2 aromatic carbocycles. The Bertz CT molecular complexity index is 1040. The van der Waals surface area contributed by atoms with E-state index < -0.39 is 5.91 Å². The number of halogens is 3. The molecule has 0 spiro atoms. The van der Waals surface area contributed by atoms with Crippen molar-refractivity contribution in [2.24, 2.45) is 5.10 Å². The van der Waals surface area contributed by atoms with E-state index in [0.29, 0.717) is 15.6 Å². The summed E-state index contributed by atoms with van der Waals surface area (Å²) in [6, 6.07) is 8.65. The van der Waals surface area contributed by atoms with E-state index in [-0.39, 0.29) is 10.6 Å². The number of anilines is 1. The Morgan fingerprint density at radius 3 is 2.57 bits per heavy atom. The quantitative estimate of drug-likeness (QED) is 0.389. The third kappa shape index (κ3) is 4.66. The molecule has 0 unspecified atom stereocenters. The Hall–Kier alpha value is -2.01. The van der Waals surface area contributed by atoms with Gasteiger partial charge in [-0.25, -0.2) is 5.43 Å². The number of hydrazone groups is 1. The van der Waals surface area contributed by atoms with Gasteiger partial charge in [-0.1, -0.05) is 47.8 Å². The van der Waals surface area contributed by atoms with E-state index >= 15 is 0 Å². The van der Waals surface area contributed by atoms with Gasteiger partial charge < -0.3 is 4.90 Å².